The molecule has 0 heterocycles. The Morgan fingerprint density at radius 3 is 2.73 bits per heavy atom. The van der Waals surface area contributed by atoms with E-state index in [1.807, 2.05) is 13.0 Å². The lowest BCUT2D eigenvalue weighted by Gasteiger charge is -2.04. The Morgan fingerprint density at radius 1 is 1.53 bits per heavy atom. The summed E-state index contributed by atoms with van der Waals surface area (Å²) in [6, 6.07) is 4.46. The highest BCUT2D eigenvalue weighted by Gasteiger charge is 2.04. The van der Waals surface area contributed by atoms with E-state index in [2.05, 4.69) is 10.5 Å². The van der Waals surface area contributed by atoms with Gasteiger partial charge in [0.05, 0.1) is 5.71 Å². The second-order valence-corrected chi connectivity index (χ2v) is 3.19. The van der Waals surface area contributed by atoms with Crippen molar-refractivity contribution in [2.45, 2.75) is 13.8 Å². The molecule has 0 fully saturated rings. The third kappa shape index (κ3) is 2.98. The predicted octanol–water partition coefficient (Wildman–Crippen LogP) is 1.09. The number of primary amides is 1. The first kappa shape index (κ1) is 11.0. The van der Waals surface area contributed by atoms with E-state index in [-0.39, 0.29) is 5.75 Å². The van der Waals surface area contributed by atoms with Crippen LogP contribution < -0.4 is 11.2 Å². The van der Waals surface area contributed by atoms with Gasteiger partial charge in [-0.05, 0) is 31.5 Å². The lowest BCUT2D eigenvalue weighted by molar-refractivity contribution is 0.249. The molecular weight excluding hydrogens is 194 g/mol. The van der Waals surface area contributed by atoms with E-state index in [4.69, 9.17) is 5.73 Å². The van der Waals surface area contributed by atoms with Crippen LogP contribution in [0.5, 0.6) is 5.75 Å². The van der Waals surface area contributed by atoms with Gasteiger partial charge < -0.3 is 10.8 Å². The minimum atomic E-state index is -0.735. The summed E-state index contributed by atoms with van der Waals surface area (Å²) < 4.78 is 0. The summed E-state index contributed by atoms with van der Waals surface area (Å²) >= 11 is 0. The molecule has 0 spiro atoms. The predicted molar refractivity (Wildman–Crippen MR) is 57.8 cm³/mol. The average molecular weight is 207 g/mol. The number of carbonyl (C=O) groups is 1. The molecule has 0 atom stereocenters. The molecule has 2 amide bonds. The Kier molecular flexibility index (Phi) is 3.28. The number of nitrogens with zero attached hydrogens (tertiary/aromatic N) is 1. The molecule has 0 aliphatic rings. The van der Waals surface area contributed by atoms with E-state index in [9.17, 15) is 9.90 Å². The van der Waals surface area contributed by atoms with Crippen molar-refractivity contribution in [1.29, 1.82) is 0 Å². The number of urea groups is 1. The molecule has 5 heteroatoms. The number of phenolic OH excluding ortho intramolecular Hbond substituents is 1. The van der Waals surface area contributed by atoms with Gasteiger partial charge in [0.1, 0.15) is 5.75 Å². The van der Waals surface area contributed by atoms with Crippen LogP contribution in [-0.2, 0) is 0 Å². The number of rotatable bonds is 2. The second kappa shape index (κ2) is 4.45. The number of aryl methyl sites for hydroxylation is 1. The molecule has 1 aromatic carbocycles. The van der Waals surface area contributed by atoms with Gasteiger partial charge in [0.15, 0.2) is 0 Å². The zero-order valence-corrected chi connectivity index (χ0v) is 8.61. The van der Waals surface area contributed by atoms with Gasteiger partial charge in [-0.2, -0.15) is 5.10 Å². The number of benzene rings is 1. The topological polar surface area (TPSA) is 87.7 Å². The summed E-state index contributed by atoms with van der Waals surface area (Å²) in [5, 5.41) is 13.3. The molecule has 0 radical (unpaired) electrons. The lowest BCUT2D eigenvalue weighted by atomic mass is 10.1. The number of nitrogens with two attached hydrogens (primary N) is 1. The quantitative estimate of drug-likeness (QED) is 0.500. The fourth-order valence-corrected chi connectivity index (χ4v) is 1.15. The van der Waals surface area contributed by atoms with E-state index >= 15 is 0 Å². The van der Waals surface area contributed by atoms with Crippen molar-refractivity contribution in [3.8, 4) is 5.75 Å². The van der Waals surface area contributed by atoms with Crippen LogP contribution in [0.4, 0.5) is 4.79 Å². The summed E-state index contributed by atoms with van der Waals surface area (Å²) in [5.41, 5.74) is 8.97. The van der Waals surface area contributed by atoms with Gasteiger partial charge in [0.25, 0.3) is 0 Å². The summed E-state index contributed by atoms with van der Waals surface area (Å²) in [7, 11) is 0. The Morgan fingerprint density at radius 2 is 2.20 bits per heavy atom. The molecule has 0 aromatic heterocycles. The van der Waals surface area contributed by atoms with Crippen LogP contribution in [0.3, 0.4) is 0 Å². The molecule has 0 bridgehead atoms. The van der Waals surface area contributed by atoms with E-state index < -0.39 is 6.03 Å². The second-order valence-electron chi connectivity index (χ2n) is 3.19. The Hall–Kier alpha value is -2.04. The number of carbonyl (C=O) groups excluding carboxylic acids is 1. The Labute approximate surface area is 87.6 Å². The van der Waals surface area contributed by atoms with Crippen LogP contribution in [-0.4, -0.2) is 16.8 Å². The van der Waals surface area contributed by atoms with Crippen molar-refractivity contribution < 1.29 is 9.90 Å². The highest BCUT2D eigenvalue weighted by atomic mass is 16.3. The molecule has 15 heavy (non-hydrogen) atoms. The zero-order valence-electron chi connectivity index (χ0n) is 8.61. The highest BCUT2D eigenvalue weighted by molar-refractivity contribution is 6.01. The number of hydrogen-bond donors (Lipinski definition) is 3. The first-order valence-corrected chi connectivity index (χ1v) is 4.40. The molecular formula is C10H13N3O2. The van der Waals surface area contributed by atoms with Crippen molar-refractivity contribution in [3.05, 3.63) is 29.3 Å². The Balaban J connectivity index is 2.95. The third-order valence-corrected chi connectivity index (χ3v) is 1.88. The third-order valence-electron chi connectivity index (χ3n) is 1.88. The maximum atomic E-state index is 10.4. The van der Waals surface area contributed by atoms with Gasteiger partial charge in [-0.25, -0.2) is 10.2 Å². The largest absolute Gasteiger partial charge is 0.507 e. The van der Waals surface area contributed by atoms with Crippen LogP contribution in [0.25, 0.3) is 0 Å². The smallest absolute Gasteiger partial charge is 0.332 e. The van der Waals surface area contributed by atoms with E-state index in [1.165, 1.54) is 0 Å². The van der Waals surface area contributed by atoms with E-state index in [0.29, 0.717) is 11.3 Å². The van der Waals surface area contributed by atoms with Crippen LogP contribution in [0.2, 0.25) is 0 Å². The highest BCUT2D eigenvalue weighted by Crippen LogP contribution is 2.18. The molecule has 0 saturated carbocycles. The molecule has 1 rings (SSSR count). The molecule has 4 N–H and O–H groups in total. The molecule has 0 aliphatic heterocycles. The maximum Gasteiger partial charge on any atom is 0.332 e. The van der Waals surface area contributed by atoms with Crippen LogP contribution >= 0.6 is 0 Å². The minimum absolute atomic E-state index is 0.127. The monoisotopic (exact) mass is 207 g/mol. The molecule has 5 nitrogen and oxygen atoms in total. The van der Waals surface area contributed by atoms with E-state index in [0.717, 1.165) is 5.56 Å². The van der Waals surface area contributed by atoms with Crippen LogP contribution in [0.1, 0.15) is 18.1 Å². The number of amides is 2. The van der Waals surface area contributed by atoms with Gasteiger partial charge in [0.2, 0.25) is 0 Å². The summed E-state index contributed by atoms with van der Waals surface area (Å²) in [4.78, 5) is 10.4. The molecule has 0 aliphatic carbocycles. The Bertz CT molecular complexity index is 413. The molecule has 0 saturated heterocycles. The van der Waals surface area contributed by atoms with Crippen molar-refractivity contribution >= 4 is 11.7 Å². The number of phenols is 1. The van der Waals surface area contributed by atoms with Gasteiger partial charge in [-0.15, -0.1) is 0 Å². The molecule has 80 valence electrons. The summed E-state index contributed by atoms with van der Waals surface area (Å²) in [6.07, 6.45) is 0. The fraction of sp³-hybridized carbons (Fsp3) is 0.200. The standard InChI is InChI=1S/C10H13N3O2/c1-6-3-4-8(9(14)5-6)7(2)12-13-10(11)15/h3-5,14H,1-2H3,(H3,11,13,15)/b12-7+. The number of nitrogens with one attached hydrogen (secondary N) is 1. The minimum Gasteiger partial charge on any atom is -0.507 e. The number of hydrazone groups is 1. The van der Waals surface area contributed by atoms with Crippen LogP contribution in [0.15, 0.2) is 23.3 Å². The van der Waals surface area contributed by atoms with E-state index in [1.54, 1.807) is 19.1 Å². The van der Waals surface area contributed by atoms with Gasteiger partial charge >= 0.3 is 6.03 Å². The first-order chi connectivity index (χ1) is 7.00. The van der Waals surface area contributed by atoms with Crippen molar-refractivity contribution in [3.63, 3.8) is 0 Å². The summed E-state index contributed by atoms with van der Waals surface area (Å²) in [6.45, 7) is 3.54. The average Bonchev–Trinajstić information content (AvgIpc) is 2.14. The van der Waals surface area contributed by atoms with Crippen molar-refractivity contribution in [1.82, 2.24) is 5.43 Å². The van der Waals surface area contributed by atoms with Crippen molar-refractivity contribution in [2.75, 3.05) is 0 Å². The van der Waals surface area contributed by atoms with Crippen LogP contribution in [0, 0.1) is 6.92 Å². The first-order valence-electron chi connectivity index (χ1n) is 4.40. The maximum absolute atomic E-state index is 10.4. The lowest BCUT2D eigenvalue weighted by Crippen LogP contribution is -2.25. The SMILES string of the molecule is C/C(=N\NC(N)=O)c1ccc(C)cc1O. The summed E-state index contributed by atoms with van der Waals surface area (Å²) in [5.74, 6) is 0.127. The molecule has 0 unspecified atom stereocenters. The van der Waals surface area contributed by atoms with Gasteiger partial charge in [0, 0.05) is 5.56 Å². The van der Waals surface area contributed by atoms with Gasteiger partial charge in [-0.3, -0.25) is 0 Å². The normalized spacial score (nSPS) is 11.2. The molecule has 1 aromatic rings. The fourth-order valence-electron chi connectivity index (χ4n) is 1.15. The zero-order chi connectivity index (χ0) is 11.4. The van der Waals surface area contributed by atoms with Gasteiger partial charge in [-0.1, -0.05) is 6.07 Å². The number of aromatic hydroxyl groups is 1. The number of hydrogen-bond acceptors (Lipinski definition) is 3. The van der Waals surface area contributed by atoms with Crippen molar-refractivity contribution in [2.24, 2.45) is 10.8 Å².